The molecule has 0 spiro atoms. The molecule has 1 atom stereocenters. The van der Waals surface area contributed by atoms with E-state index in [1.165, 1.54) is 16.3 Å². The maximum atomic E-state index is 5.32. The highest BCUT2D eigenvalue weighted by molar-refractivity contribution is 6.14. The molecule has 0 aliphatic heterocycles. The average molecular weight is 875 g/mol. The van der Waals surface area contributed by atoms with Crippen LogP contribution in [0.3, 0.4) is 0 Å². The van der Waals surface area contributed by atoms with E-state index in [1.807, 2.05) is 60.7 Å². The van der Waals surface area contributed by atoms with Crippen molar-refractivity contribution in [1.29, 1.82) is 0 Å². The number of aromatic nitrogens is 8. The van der Waals surface area contributed by atoms with Gasteiger partial charge in [0.25, 0.3) is 0 Å². The van der Waals surface area contributed by atoms with Gasteiger partial charge in [-0.05, 0) is 60.2 Å². The van der Waals surface area contributed by atoms with Crippen molar-refractivity contribution in [3.63, 3.8) is 0 Å². The van der Waals surface area contributed by atoms with Crippen molar-refractivity contribution in [2.75, 3.05) is 0 Å². The molecule has 4 heterocycles. The number of benzene rings is 7. The summed E-state index contributed by atoms with van der Waals surface area (Å²) in [5.74, 6) is 3.80. The maximum Gasteiger partial charge on any atom is 0.238 e. The zero-order chi connectivity index (χ0) is 45.0. The van der Waals surface area contributed by atoms with E-state index < -0.39 is 0 Å². The maximum absolute atomic E-state index is 5.32. The van der Waals surface area contributed by atoms with Gasteiger partial charge in [-0.2, -0.15) is 9.97 Å². The molecule has 1 unspecified atom stereocenters. The van der Waals surface area contributed by atoms with Crippen molar-refractivity contribution >= 4 is 44.4 Å². The van der Waals surface area contributed by atoms with E-state index >= 15 is 0 Å². The molecule has 4 aromatic heterocycles. The Morgan fingerprint density at radius 3 is 1.54 bits per heavy atom. The normalized spacial score (nSPS) is 14.4. The van der Waals surface area contributed by atoms with Crippen LogP contribution >= 0.6 is 0 Å². The van der Waals surface area contributed by atoms with E-state index in [1.54, 1.807) is 0 Å². The second kappa shape index (κ2) is 16.5. The molecular formula is C60H42N8. The van der Waals surface area contributed by atoms with Gasteiger partial charge in [-0.15, -0.1) is 0 Å². The molecule has 13 rings (SSSR count). The van der Waals surface area contributed by atoms with Crippen LogP contribution in [0.4, 0.5) is 0 Å². The lowest BCUT2D eigenvalue weighted by Crippen LogP contribution is -2.15. The van der Waals surface area contributed by atoms with Crippen LogP contribution in [0.1, 0.15) is 36.0 Å². The summed E-state index contributed by atoms with van der Waals surface area (Å²) in [6, 6.07) is 63.0. The molecule has 0 N–H and O–H groups in total. The molecule has 8 heteroatoms. The first kappa shape index (κ1) is 39.5. The van der Waals surface area contributed by atoms with E-state index in [2.05, 4.69) is 161 Å². The van der Waals surface area contributed by atoms with Gasteiger partial charge < -0.3 is 4.57 Å². The third kappa shape index (κ3) is 6.84. The molecule has 0 fully saturated rings. The highest BCUT2D eigenvalue weighted by Crippen LogP contribution is 2.44. The fourth-order valence-electron chi connectivity index (χ4n) is 10.0. The topological polar surface area (TPSA) is 87.2 Å². The van der Waals surface area contributed by atoms with Crippen LogP contribution in [0.5, 0.6) is 0 Å². The van der Waals surface area contributed by atoms with Gasteiger partial charge >= 0.3 is 0 Å². The van der Waals surface area contributed by atoms with E-state index in [0.29, 0.717) is 35.1 Å². The van der Waals surface area contributed by atoms with Crippen molar-refractivity contribution in [2.24, 2.45) is 0 Å². The smallest absolute Gasteiger partial charge is 0.238 e. The summed E-state index contributed by atoms with van der Waals surface area (Å²) in [6.07, 6.45) is 13.7. The zero-order valence-electron chi connectivity index (χ0n) is 37.0. The fraction of sp³-hybridized carbons (Fsp3) is 0.0667. The van der Waals surface area contributed by atoms with Crippen LogP contribution in [0, 0.1) is 0 Å². The molecule has 2 aliphatic rings. The van der Waals surface area contributed by atoms with Crippen LogP contribution in [0.15, 0.2) is 206 Å². The first-order valence-corrected chi connectivity index (χ1v) is 23.2. The number of hydrogen-bond donors (Lipinski definition) is 0. The minimum Gasteiger partial charge on any atom is -0.332 e. The minimum absolute atomic E-state index is 0.0971. The van der Waals surface area contributed by atoms with Crippen molar-refractivity contribution in [3.05, 3.63) is 223 Å². The van der Waals surface area contributed by atoms with Gasteiger partial charge in [-0.3, -0.25) is 4.57 Å². The van der Waals surface area contributed by atoms with Gasteiger partial charge in [0.15, 0.2) is 29.1 Å². The predicted molar refractivity (Wildman–Crippen MR) is 275 cm³/mol. The SMILES string of the molecule is C1=CCC(n2c3ccccc3c3cc4c(cc32)c2c(n4-c3nc(-c4ccccc4)nc(-c4ccc(-c5ccccc5)cc4)n3)C=CCC2)C(c2nc(-c3ccccc3)nc(-c3ccccc3)n2)=C1. The molecule has 7 aromatic carbocycles. The number of hydrogen-bond acceptors (Lipinski definition) is 6. The summed E-state index contributed by atoms with van der Waals surface area (Å²) >= 11 is 0. The number of para-hydroxylation sites is 1. The second-order valence-electron chi connectivity index (χ2n) is 17.3. The monoisotopic (exact) mass is 874 g/mol. The summed E-state index contributed by atoms with van der Waals surface area (Å²) in [5, 5.41) is 3.51. The van der Waals surface area contributed by atoms with Gasteiger partial charge in [0.1, 0.15) is 0 Å². The largest absolute Gasteiger partial charge is 0.332 e. The van der Waals surface area contributed by atoms with Crippen molar-refractivity contribution in [2.45, 2.75) is 25.3 Å². The second-order valence-corrected chi connectivity index (χ2v) is 17.3. The Morgan fingerprint density at radius 1 is 0.412 bits per heavy atom. The molecule has 0 amide bonds. The Labute approximate surface area is 393 Å². The molecule has 322 valence electrons. The van der Waals surface area contributed by atoms with E-state index in [-0.39, 0.29) is 6.04 Å². The molecule has 0 saturated carbocycles. The van der Waals surface area contributed by atoms with Crippen molar-refractivity contribution in [1.82, 2.24) is 39.0 Å². The standard InChI is InChI=1S/C60H42N8/c1-5-19-39(20-6-1)40-33-35-44(36-34-40)58-62-57(43-25-11-4-12-26-43)65-60(66-58)68-51-31-17-14-28-46(51)49-37-53-48(38-54(49)68)45-27-13-16-30-50(45)67(53)52-32-18-15-29-47(52)59-63-55(41-21-7-2-8-22-41)61-56(64-59)42-23-9-3-10-24-42/h1-13,15-27,29-31,33-38,52H,14,28,32H2. The van der Waals surface area contributed by atoms with Gasteiger partial charge in [-0.1, -0.05) is 188 Å². The molecule has 68 heavy (non-hydrogen) atoms. The minimum atomic E-state index is -0.0971. The lowest BCUT2D eigenvalue weighted by Gasteiger charge is -2.25. The summed E-state index contributed by atoms with van der Waals surface area (Å²) in [6.45, 7) is 0. The molecular weight excluding hydrogens is 833 g/mol. The molecule has 0 radical (unpaired) electrons. The number of fused-ring (bicyclic) bond motifs is 6. The van der Waals surface area contributed by atoms with Crippen LogP contribution < -0.4 is 0 Å². The summed E-state index contributed by atoms with van der Waals surface area (Å²) < 4.78 is 4.78. The Hall–Kier alpha value is -8.88. The molecule has 0 saturated heterocycles. The number of nitrogens with zero attached hydrogens (tertiary/aromatic N) is 8. The molecule has 11 aromatic rings. The first-order chi connectivity index (χ1) is 33.7. The Morgan fingerprint density at radius 2 is 0.912 bits per heavy atom. The van der Waals surface area contributed by atoms with Gasteiger partial charge in [0.05, 0.1) is 22.8 Å². The predicted octanol–water partition coefficient (Wildman–Crippen LogP) is 14.0. The van der Waals surface area contributed by atoms with Crippen LogP contribution in [0.25, 0.3) is 107 Å². The molecule has 8 nitrogen and oxygen atoms in total. The summed E-state index contributed by atoms with van der Waals surface area (Å²) in [7, 11) is 0. The highest BCUT2D eigenvalue weighted by atomic mass is 15.2. The lowest BCUT2D eigenvalue weighted by atomic mass is 9.96. The number of allylic oxidation sites excluding steroid dienone is 5. The third-order valence-electron chi connectivity index (χ3n) is 13.3. The Kier molecular flexibility index (Phi) is 9.60. The van der Waals surface area contributed by atoms with Crippen LogP contribution in [-0.2, 0) is 6.42 Å². The zero-order valence-corrected chi connectivity index (χ0v) is 37.0. The van der Waals surface area contributed by atoms with E-state index in [4.69, 9.17) is 29.9 Å². The third-order valence-corrected chi connectivity index (χ3v) is 13.3. The number of rotatable bonds is 8. The lowest BCUT2D eigenvalue weighted by molar-refractivity contribution is 0.659. The summed E-state index contributed by atoms with van der Waals surface area (Å²) in [5.41, 5.74) is 12.8. The number of aryl methyl sites for hydroxylation is 1. The van der Waals surface area contributed by atoms with Gasteiger partial charge in [-0.25, -0.2) is 19.9 Å². The first-order valence-electron chi connectivity index (χ1n) is 23.2. The fourth-order valence-corrected chi connectivity index (χ4v) is 10.0. The van der Waals surface area contributed by atoms with Crippen molar-refractivity contribution < 1.29 is 0 Å². The Balaban J connectivity index is 1.00. The van der Waals surface area contributed by atoms with Crippen LogP contribution in [0.2, 0.25) is 0 Å². The molecule has 2 aliphatic carbocycles. The average Bonchev–Trinajstić information content (AvgIpc) is 3.92. The van der Waals surface area contributed by atoms with Crippen LogP contribution in [-0.4, -0.2) is 39.0 Å². The Bertz CT molecular complexity index is 3740. The van der Waals surface area contributed by atoms with E-state index in [9.17, 15) is 0 Å². The van der Waals surface area contributed by atoms with Crippen molar-refractivity contribution in [3.8, 4) is 62.6 Å². The quantitative estimate of drug-likeness (QED) is 0.151. The highest BCUT2D eigenvalue weighted by Gasteiger charge is 2.29. The van der Waals surface area contributed by atoms with Gasteiger partial charge in [0.2, 0.25) is 5.95 Å². The van der Waals surface area contributed by atoms with Gasteiger partial charge in [0, 0.05) is 49.5 Å². The molecule has 0 bridgehead atoms. The van der Waals surface area contributed by atoms with E-state index in [0.717, 1.165) is 85.8 Å². The summed E-state index contributed by atoms with van der Waals surface area (Å²) in [4.78, 5) is 31.2.